The number of para-hydroxylation sites is 1. The van der Waals surface area contributed by atoms with E-state index in [1.54, 1.807) is 0 Å². The van der Waals surface area contributed by atoms with Crippen molar-refractivity contribution in [3.63, 3.8) is 0 Å². The molecule has 32 heavy (non-hydrogen) atoms. The largest absolute Gasteiger partial charge is 0.451 e. The molecule has 0 aliphatic carbocycles. The summed E-state index contributed by atoms with van der Waals surface area (Å²) in [6.07, 6.45) is 6.73. The molecule has 172 valence electrons. The third-order valence-corrected chi connectivity index (χ3v) is 6.76. The topological polar surface area (TPSA) is 54.0 Å². The van der Waals surface area contributed by atoms with Gasteiger partial charge in [-0.15, -0.1) is 0 Å². The molecule has 1 saturated heterocycles. The maximum Gasteiger partial charge on any atom is 0.238 e. The number of hydrogen-bond acceptors (Lipinski definition) is 7. The Balaban J connectivity index is 1.18. The Labute approximate surface area is 191 Å². The van der Waals surface area contributed by atoms with E-state index in [0.717, 1.165) is 69.7 Å². The molecule has 1 aromatic heterocycles. The van der Waals surface area contributed by atoms with Crippen LogP contribution in [0.2, 0.25) is 0 Å². The maximum atomic E-state index is 5.88. The molecule has 1 aromatic carbocycles. The highest BCUT2D eigenvalue weighted by atomic mass is 16.7. The van der Waals surface area contributed by atoms with E-state index in [1.807, 2.05) is 19.1 Å². The molecule has 3 aliphatic rings. The predicted octanol–water partition coefficient (Wildman–Crippen LogP) is 3.46. The zero-order valence-electron chi connectivity index (χ0n) is 19.4. The fraction of sp³-hybridized carbons (Fsp3) is 0.600. The molecule has 0 amide bonds. The Kier molecular flexibility index (Phi) is 6.46. The van der Waals surface area contributed by atoms with Gasteiger partial charge in [0.2, 0.25) is 12.2 Å². The van der Waals surface area contributed by atoms with Gasteiger partial charge in [0.1, 0.15) is 0 Å². The average Bonchev–Trinajstić information content (AvgIpc) is 3.21. The van der Waals surface area contributed by atoms with Crippen LogP contribution in [0.25, 0.3) is 0 Å². The van der Waals surface area contributed by atoms with Crippen LogP contribution >= 0.6 is 0 Å². The molecular formula is C25H35N5O2. The molecule has 3 aliphatic heterocycles. The van der Waals surface area contributed by atoms with Crippen LogP contribution in [-0.4, -0.2) is 65.3 Å². The van der Waals surface area contributed by atoms with E-state index >= 15 is 0 Å². The third kappa shape index (κ3) is 4.69. The molecule has 1 atom stereocenters. The number of fused-ring (bicyclic) bond motifs is 2. The second kappa shape index (κ2) is 9.63. The fourth-order valence-electron chi connectivity index (χ4n) is 4.93. The van der Waals surface area contributed by atoms with Gasteiger partial charge in [-0.3, -0.25) is 9.80 Å². The van der Waals surface area contributed by atoms with Crippen LogP contribution in [0.4, 0.5) is 5.95 Å². The lowest BCUT2D eigenvalue weighted by Crippen LogP contribution is -2.47. The highest BCUT2D eigenvalue weighted by Crippen LogP contribution is 2.38. The first-order valence-electron chi connectivity index (χ1n) is 12.2. The van der Waals surface area contributed by atoms with E-state index in [9.17, 15) is 0 Å². The Bertz CT molecular complexity index is 929. The summed E-state index contributed by atoms with van der Waals surface area (Å²) in [7, 11) is 0. The highest BCUT2D eigenvalue weighted by molar-refractivity contribution is 5.48. The number of hydrogen-bond donors (Lipinski definition) is 0. The Hall–Kier alpha value is -2.38. The molecule has 0 radical (unpaired) electrons. The molecule has 0 saturated carbocycles. The molecule has 2 aromatic rings. The van der Waals surface area contributed by atoms with Crippen LogP contribution < -0.4 is 14.4 Å². The molecule has 7 heteroatoms. The van der Waals surface area contributed by atoms with E-state index in [-0.39, 0.29) is 6.29 Å². The van der Waals surface area contributed by atoms with E-state index < -0.39 is 0 Å². The molecule has 5 rings (SSSR count). The summed E-state index contributed by atoms with van der Waals surface area (Å²) in [5.74, 6) is 2.66. The highest BCUT2D eigenvalue weighted by Gasteiger charge is 2.26. The normalized spacial score (nSPS) is 21.1. The summed E-state index contributed by atoms with van der Waals surface area (Å²) in [5, 5.41) is 0. The van der Waals surface area contributed by atoms with Crippen molar-refractivity contribution in [2.45, 2.75) is 58.9 Å². The molecule has 0 N–H and O–H groups in total. The Morgan fingerprint density at radius 3 is 2.75 bits per heavy atom. The molecule has 0 bridgehead atoms. The first-order valence-corrected chi connectivity index (χ1v) is 12.2. The summed E-state index contributed by atoms with van der Waals surface area (Å²) in [6, 6.07) is 6.16. The van der Waals surface area contributed by atoms with Crippen molar-refractivity contribution < 1.29 is 9.47 Å². The molecule has 1 fully saturated rings. The van der Waals surface area contributed by atoms with Gasteiger partial charge >= 0.3 is 0 Å². The standard InChI is InChI=1S/C25H35N5O2/c1-3-4-5-10-28-12-14-30(15-13-28)25-26-16-21-18-29(11-9-22(21)27-25)17-20-7-6-8-23-24(20)32-19(2)31-23/h6-8,16,19H,3-5,9-15,17-18H2,1-2H3. The van der Waals surface area contributed by atoms with Crippen molar-refractivity contribution in [2.75, 3.05) is 44.2 Å². The van der Waals surface area contributed by atoms with Crippen molar-refractivity contribution in [1.82, 2.24) is 19.8 Å². The summed E-state index contributed by atoms with van der Waals surface area (Å²) >= 11 is 0. The number of piperazine rings is 1. The Morgan fingerprint density at radius 1 is 1.03 bits per heavy atom. The van der Waals surface area contributed by atoms with Crippen LogP contribution in [0, 0.1) is 0 Å². The zero-order chi connectivity index (χ0) is 21.9. The van der Waals surface area contributed by atoms with Gasteiger partial charge in [-0.05, 0) is 19.0 Å². The number of rotatable bonds is 7. The van der Waals surface area contributed by atoms with Crippen molar-refractivity contribution in [1.29, 1.82) is 0 Å². The van der Waals surface area contributed by atoms with Gasteiger partial charge in [0, 0.05) is 76.5 Å². The minimum atomic E-state index is -0.210. The monoisotopic (exact) mass is 437 g/mol. The number of unbranched alkanes of at least 4 members (excludes halogenated alkanes) is 2. The van der Waals surface area contributed by atoms with Gasteiger partial charge in [0.15, 0.2) is 11.5 Å². The quantitative estimate of drug-likeness (QED) is 0.615. The molecular weight excluding hydrogens is 402 g/mol. The molecule has 4 heterocycles. The summed E-state index contributed by atoms with van der Waals surface area (Å²) in [5.41, 5.74) is 3.64. The first kappa shape index (κ1) is 21.5. The summed E-state index contributed by atoms with van der Waals surface area (Å²) < 4.78 is 11.6. The Morgan fingerprint density at radius 2 is 1.91 bits per heavy atom. The van der Waals surface area contributed by atoms with Crippen LogP contribution in [0.15, 0.2) is 24.4 Å². The van der Waals surface area contributed by atoms with Crippen LogP contribution in [0.3, 0.4) is 0 Å². The number of benzene rings is 1. The van der Waals surface area contributed by atoms with E-state index in [0.29, 0.717) is 0 Å². The van der Waals surface area contributed by atoms with Gasteiger partial charge in [-0.2, -0.15) is 0 Å². The van der Waals surface area contributed by atoms with Gasteiger partial charge in [-0.1, -0.05) is 31.9 Å². The number of anilines is 1. The molecule has 0 spiro atoms. The van der Waals surface area contributed by atoms with Gasteiger partial charge in [0.05, 0.1) is 5.69 Å². The summed E-state index contributed by atoms with van der Waals surface area (Å²) in [6.45, 7) is 12.4. The number of nitrogens with zero attached hydrogens (tertiary/aromatic N) is 5. The lowest BCUT2D eigenvalue weighted by Gasteiger charge is -2.35. The van der Waals surface area contributed by atoms with Crippen molar-refractivity contribution >= 4 is 5.95 Å². The van der Waals surface area contributed by atoms with Crippen molar-refractivity contribution in [3.8, 4) is 11.5 Å². The van der Waals surface area contributed by atoms with Gasteiger partial charge in [-0.25, -0.2) is 9.97 Å². The second-order valence-electron chi connectivity index (χ2n) is 9.19. The second-order valence-corrected chi connectivity index (χ2v) is 9.19. The van der Waals surface area contributed by atoms with Crippen LogP contribution in [0.1, 0.15) is 49.9 Å². The third-order valence-electron chi connectivity index (χ3n) is 6.76. The lowest BCUT2D eigenvalue weighted by molar-refractivity contribution is 0.0668. The number of ether oxygens (including phenoxy) is 2. The average molecular weight is 438 g/mol. The van der Waals surface area contributed by atoms with Crippen LogP contribution in [0.5, 0.6) is 11.5 Å². The van der Waals surface area contributed by atoms with E-state index in [2.05, 4.69) is 33.9 Å². The van der Waals surface area contributed by atoms with Crippen molar-refractivity contribution in [2.24, 2.45) is 0 Å². The lowest BCUT2D eigenvalue weighted by atomic mass is 10.1. The SMILES string of the molecule is CCCCCN1CCN(c2ncc3c(n2)CCN(Cc2cccc4c2OC(C)O4)C3)CC1. The van der Waals surface area contributed by atoms with Crippen LogP contribution in [-0.2, 0) is 19.5 Å². The molecule has 1 unspecified atom stereocenters. The smallest absolute Gasteiger partial charge is 0.238 e. The number of aromatic nitrogens is 2. The van der Waals surface area contributed by atoms with Crippen molar-refractivity contribution in [3.05, 3.63) is 41.2 Å². The van der Waals surface area contributed by atoms with Gasteiger partial charge in [0.25, 0.3) is 0 Å². The van der Waals surface area contributed by atoms with Gasteiger partial charge < -0.3 is 14.4 Å². The van der Waals surface area contributed by atoms with E-state index in [1.165, 1.54) is 42.6 Å². The molecule has 7 nitrogen and oxygen atoms in total. The zero-order valence-corrected chi connectivity index (χ0v) is 19.4. The fourth-order valence-corrected chi connectivity index (χ4v) is 4.93. The first-order chi connectivity index (χ1) is 15.7. The predicted molar refractivity (Wildman–Crippen MR) is 125 cm³/mol. The summed E-state index contributed by atoms with van der Waals surface area (Å²) in [4.78, 5) is 17.1. The minimum Gasteiger partial charge on any atom is -0.451 e. The van der Waals surface area contributed by atoms with E-state index in [4.69, 9.17) is 19.4 Å². The minimum absolute atomic E-state index is 0.210. The maximum absolute atomic E-state index is 5.88.